The number of methoxy groups -OCH3 is 1. The van der Waals surface area contributed by atoms with Gasteiger partial charge in [-0.2, -0.15) is 4.99 Å². The average Bonchev–Trinajstić information content (AvgIpc) is 3.32. The Morgan fingerprint density at radius 1 is 1.08 bits per heavy atom. The Kier molecular flexibility index (Phi) is 8.90. The van der Waals surface area contributed by atoms with Gasteiger partial charge in [-0.15, -0.1) is 0 Å². The Labute approximate surface area is 234 Å². The van der Waals surface area contributed by atoms with Crippen molar-refractivity contribution in [3.8, 4) is 5.75 Å². The summed E-state index contributed by atoms with van der Waals surface area (Å²) in [7, 11) is -1.55. The summed E-state index contributed by atoms with van der Waals surface area (Å²) < 4.78 is 35.4. The maximum absolute atomic E-state index is 13.5. The number of ether oxygens (including phenoxy) is 2. The Balaban J connectivity index is 1.56. The summed E-state index contributed by atoms with van der Waals surface area (Å²) >= 11 is 1.33. The molecule has 2 fully saturated rings. The zero-order valence-electron chi connectivity index (χ0n) is 22.6. The average molecular weight is 574 g/mol. The van der Waals surface area contributed by atoms with E-state index in [1.54, 1.807) is 27.9 Å². The lowest BCUT2D eigenvalue weighted by Gasteiger charge is -2.25. The number of amides is 2. The molecule has 0 radical (unpaired) electrons. The number of nitrogens with zero attached hydrogens (tertiary/aromatic N) is 2. The molecule has 210 valence electrons. The lowest BCUT2D eigenvalue weighted by molar-refractivity contribution is -0.119. The number of amidine groups is 1. The van der Waals surface area contributed by atoms with Gasteiger partial charge in [0.05, 0.1) is 24.7 Å². The van der Waals surface area contributed by atoms with Crippen LogP contribution in [-0.4, -0.2) is 78.6 Å². The maximum atomic E-state index is 13.5. The van der Waals surface area contributed by atoms with E-state index in [0.717, 1.165) is 16.9 Å². The molecule has 2 amide bonds. The highest BCUT2D eigenvalue weighted by Crippen LogP contribution is 2.38. The molecule has 2 aromatic rings. The van der Waals surface area contributed by atoms with Crippen LogP contribution in [0.25, 0.3) is 0 Å². The molecular formula is C28H35N3O6S2. The van der Waals surface area contributed by atoms with E-state index in [1.807, 2.05) is 59.5 Å². The van der Waals surface area contributed by atoms with E-state index < -0.39 is 33.5 Å². The van der Waals surface area contributed by atoms with E-state index in [9.17, 15) is 18.0 Å². The zero-order chi connectivity index (χ0) is 28.2. The molecule has 2 aliphatic rings. The van der Waals surface area contributed by atoms with Gasteiger partial charge in [-0.3, -0.25) is 4.79 Å². The molecule has 0 aliphatic carbocycles. The molecule has 3 atom stereocenters. The van der Waals surface area contributed by atoms with Crippen LogP contribution in [0.15, 0.2) is 59.6 Å². The minimum absolute atomic E-state index is 0.0318. The van der Waals surface area contributed by atoms with Gasteiger partial charge in [0.25, 0.3) is 5.91 Å². The summed E-state index contributed by atoms with van der Waals surface area (Å²) in [5, 5.41) is 2.99. The molecule has 1 N–H and O–H groups in total. The van der Waals surface area contributed by atoms with E-state index in [-0.39, 0.29) is 29.2 Å². The predicted molar refractivity (Wildman–Crippen MR) is 153 cm³/mol. The number of rotatable bonds is 8. The van der Waals surface area contributed by atoms with Crippen LogP contribution in [0.2, 0.25) is 0 Å². The summed E-state index contributed by atoms with van der Waals surface area (Å²) in [6.45, 7) is 5.77. The first kappa shape index (κ1) is 28.9. The fourth-order valence-corrected chi connectivity index (χ4v) is 8.59. The van der Waals surface area contributed by atoms with Crippen molar-refractivity contribution >= 4 is 38.8 Å². The van der Waals surface area contributed by atoms with Gasteiger partial charge >= 0.3 is 6.09 Å². The van der Waals surface area contributed by atoms with Crippen molar-refractivity contribution in [1.82, 2.24) is 10.2 Å². The fourth-order valence-electron chi connectivity index (χ4n) is 4.61. The molecule has 0 aromatic heterocycles. The minimum atomic E-state index is -3.17. The number of carbonyl (C=O) groups excluding carboxylic acids is 2. The maximum Gasteiger partial charge on any atom is 0.408 e. The van der Waals surface area contributed by atoms with Gasteiger partial charge in [0.1, 0.15) is 17.4 Å². The molecule has 9 nitrogen and oxygen atoms in total. The lowest BCUT2D eigenvalue weighted by Crippen LogP contribution is -2.45. The number of hydrogen-bond acceptors (Lipinski definition) is 7. The summed E-state index contributed by atoms with van der Waals surface area (Å²) in [5.41, 5.74) is 1.20. The van der Waals surface area contributed by atoms with E-state index >= 15 is 0 Å². The number of hydrogen-bond donors (Lipinski definition) is 1. The molecule has 0 spiro atoms. The Hall–Kier alpha value is -3.05. The molecule has 2 heterocycles. The van der Waals surface area contributed by atoms with Crippen molar-refractivity contribution in [2.45, 2.75) is 56.5 Å². The van der Waals surface area contributed by atoms with Gasteiger partial charge < -0.3 is 19.7 Å². The van der Waals surface area contributed by atoms with Gasteiger partial charge in [0.2, 0.25) is 0 Å². The number of alkyl carbamates (subject to hydrolysis) is 1. The highest BCUT2D eigenvalue weighted by atomic mass is 32.2. The topological polar surface area (TPSA) is 114 Å². The molecule has 0 saturated carbocycles. The largest absolute Gasteiger partial charge is 0.497 e. The number of fused-ring (bicyclic) bond motifs is 1. The van der Waals surface area contributed by atoms with Gasteiger partial charge in [0.15, 0.2) is 15.0 Å². The standard InChI is InChI=1S/C28H35N3O6S2/c1-28(2,3)37-27(33)29-22(16-20-8-6-5-7-9-20)25(32)30-26-31(23-17-39(34,35)18-24(23)38-26)15-14-19-10-12-21(36-4)13-11-19/h5-13,22-24H,14-18H2,1-4H3,(H,29,33)/t22-,23-,24+/m1/s1. The number of nitrogens with one attached hydrogen (secondary N) is 1. The van der Waals surface area contributed by atoms with Gasteiger partial charge in [0, 0.05) is 18.2 Å². The van der Waals surface area contributed by atoms with Gasteiger partial charge in [-0.1, -0.05) is 54.2 Å². The van der Waals surface area contributed by atoms with Crippen molar-refractivity contribution in [2.75, 3.05) is 25.2 Å². The Morgan fingerprint density at radius 2 is 1.77 bits per heavy atom. The molecule has 2 saturated heterocycles. The number of aliphatic imine (C=N–C) groups is 1. The summed E-state index contributed by atoms with van der Waals surface area (Å²) in [6.07, 6.45) is 0.188. The Bertz CT molecular complexity index is 1310. The van der Waals surface area contributed by atoms with Crippen LogP contribution in [0.5, 0.6) is 5.75 Å². The van der Waals surface area contributed by atoms with Crippen molar-refractivity contribution in [2.24, 2.45) is 4.99 Å². The van der Waals surface area contributed by atoms with Crippen molar-refractivity contribution in [3.05, 3.63) is 65.7 Å². The molecule has 2 aliphatic heterocycles. The van der Waals surface area contributed by atoms with Crippen molar-refractivity contribution in [3.63, 3.8) is 0 Å². The van der Waals surface area contributed by atoms with E-state index in [4.69, 9.17) is 9.47 Å². The van der Waals surface area contributed by atoms with E-state index in [0.29, 0.717) is 18.1 Å². The lowest BCUT2D eigenvalue weighted by atomic mass is 10.1. The monoisotopic (exact) mass is 573 g/mol. The number of carbonyl (C=O) groups is 2. The molecule has 4 rings (SSSR count). The quantitative estimate of drug-likeness (QED) is 0.511. The molecule has 11 heteroatoms. The van der Waals surface area contributed by atoms with Crippen LogP contribution >= 0.6 is 11.8 Å². The smallest absolute Gasteiger partial charge is 0.408 e. The van der Waals surface area contributed by atoms with Gasteiger partial charge in [-0.25, -0.2) is 13.2 Å². The summed E-state index contributed by atoms with van der Waals surface area (Å²) in [6, 6.07) is 15.9. The molecule has 0 unspecified atom stereocenters. The Morgan fingerprint density at radius 3 is 2.41 bits per heavy atom. The second kappa shape index (κ2) is 12.0. The summed E-state index contributed by atoms with van der Waals surface area (Å²) in [4.78, 5) is 32.5. The first-order chi connectivity index (χ1) is 18.4. The van der Waals surface area contributed by atoms with E-state index in [2.05, 4.69) is 10.3 Å². The molecule has 2 aromatic carbocycles. The fraction of sp³-hybridized carbons (Fsp3) is 0.464. The highest BCUT2D eigenvalue weighted by molar-refractivity contribution is 8.15. The van der Waals surface area contributed by atoms with Crippen LogP contribution in [-0.2, 0) is 32.2 Å². The van der Waals surface area contributed by atoms with Gasteiger partial charge in [-0.05, 0) is 50.5 Å². The first-order valence-electron chi connectivity index (χ1n) is 12.8. The van der Waals surface area contributed by atoms with Crippen molar-refractivity contribution < 1.29 is 27.5 Å². The third-order valence-electron chi connectivity index (χ3n) is 6.45. The van der Waals surface area contributed by atoms with Crippen molar-refractivity contribution in [1.29, 1.82) is 0 Å². The predicted octanol–water partition coefficient (Wildman–Crippen LogP) is 3.47. The van der Waals surface area contributed by atoms with Crippen LogP contribution in [0.1, 0.15) is 31.9 Å². The van der Waals surface area contributed by atoms with Crippen LogP contribution in [0, 0.1) is 0 Å². The second-order valence-electron chi connectivity index (χ2n) is 10.7. The normalized spacial score (nSPS) is 21.8. The SMILES string of the molecule is COc1ccc(CCN2C(=NC(=O)[C@@H](Cc3ccccc3)NC(=O)OC(C)(C)C)S[C@H]3CS(=O)(=O)C[C@H]32)cc1. The third kappa shape index (κ3) is 7.98. The van der Waals surface area contributed by atoms with Crippen LogP contribution < -0.4 is 10.1 Å². The summed E-state index contributed by atoms with van der Waals surface area (Å²) in [5.74, 6) is 0.333. The molecule has 39 heavy (non-hydrogen) atoms. The molecule has 0 bridgehead atoms. The number of thioether (sulfide) groups is 1. The molecular weight excluding hydrogens is 538 g/mol. The highest BCUT2D eigenvalue weighted by Gasteiger charge is 2.48. The van der Waals surface area contributed by atoms with E-state index in [1.165, 1.54) is 11.8 Å². The number of benzene rings is 2. The second-order valence-corrected chi connectivity index (χ2v) is 14.1. The van der Waals surface area contributed by atoms with Crippen LogP contribution in [0.4, 0.5) is 4.79 Å². The zero-order valence-corrected chi connectivity index (χ0v) is 24.3. The van der Waals surface area contributed by atoms with Crippen LogP contribution in [0.3, 0.4) is 0 Å². The first-order valence-corrected chi connectivity index (χ1v) is 15.6. The minimum Gasteiger partial charge on any atom is -0.497 e. The number of sulfone groups is 1. The third-order valence-corrected chi connectivity index (χ3v) is 9.70.